The molecule has 29 heavy (non-hydrogen) atoms. The van der Waals surface area contributed by atoms with Gasteiger partial charge in [0.15, 0.2) is 0 Å². The van der Waals surface area contributed by atoms with Crippen molar-refractivity contribution >= 4 is 33.4 Å². The van der Waals surface area contributed by atoms with Gasteiger partial charge in [0.1, 0.15) is 4.70 Å². The second-order valence-electron chi connectivity index (χ2n) is 7.97. The molecule has 0 unspecified atom stereocenters. The van der Waals surface area contributed by atoms with Gasteiger partial charge in [-0.05, 0) is 42.7 Å². The lowest BCUT2D eigenvalue weighted by molar-refractivity contribution is -0.125. The third kappa shape index (κ3) is 3.79. The van der Waals surface area contributed by atoms with Crippen molar-refractivity contribution in [3.63, 3.8) is 0 Å². The quantitative estimate of drug-likeness (QED) is 0.705. The van der Waals surface area contributed by atoms with Gasteiger partial charge in [-0.3, -0.25) is 14.2 Å². The Bertz CT molecular complexity index is 1080. The first-order valence-corrected chi connectivity index (χ1v) is 11.1. The first-order valence-electron chi connectivity index (χ1n) is 10.3. The Kier molecular flexibility index (Phi) is 4.83. The maximum atomic E-state index is 13.2. The standard InChI is InChI=1S/C22H24N4O2S/c27-20(23-17-6-7-17)16-8-11-25(12-9-16)22-24-18-10-13-29-19(18)21(28)26(22)14-15-4-2-1-3-5-15/h1-5,10,13,16-17H,6-9,11-12,14H2,(H,23,27). The second-order valence-corrected chi connectivity index (χ2v) is 8.88. The van der Waals surface area contributed by atoms with Crippen LogP contribution in [0.3, 0.4) is 0 Å². The van der Waals surface area contributed by atoms with E-state index in [1.165, 1.54) is 11.3 Å². The van der Waals surface area contributed by atoms with Crippen LogP contribution in [0.25, 0.3) is 10.2 Å². The summed E-state index contributed by atoms with van der Waals surface area (Å²) in [6.07, 6.45) is 3.81. The molecule has 1 saturated carbocycles. The molecule has 1 amide bonds. The van der Waals surface area contributed by atoms with E-state index in [9.17, 15) is 9.59 Å². The zero-order valence-corrected chi connectivity index (χ0v) is 17.0. The van der Waals surface area contributed by atoms with Gasteiger partial charge in [-0.1, -0.05) is 30.3 Å². The Morgan fingerprint density at radius 2 is 1.86 bits per heavy atom. The first-order chi connectivity index (χ1) is 14.2. The van der Waals surface area contributed by atoms with Crippen molar-refractivity contribution in [1.29, 1.82) is 0 Å². The van der Waals surface area contributed by atoms with E-state index in [-0.39, 0.29) is 17.4 Å². The summed E-state index contributed by atoms with van der Waals surface area (Å²) in [4.78, 5) is 32.6. The fraction of sp³-hybridized carbons (Fsp3) is 0.409. The minimum absolute atomic E-state index is 0.0115. The van der Waals surface area contributed by atoms with E-state index in [1.54, 1.807) is 4.57 Å². The molecule has 0 atom stereocenters. The van der Waals surface area contributed by atoms with Gasteiger partial charge >= 0.3 is 0 Å². The Hall–Kier alpha value is -2.67. The summed E-state index contributed by atoms with van der Waals surface area (Å²) in [6, 6.07) is 12.3. The van der Waals surface area contributed by atoms with Crippen LogP contribution in [0.2, 0.25) is 0 Å². The second kappa shape index (κ2) is 7.63. The molecule has 2 aromatic heterocycles. The molecule has 1 aliphatic heterocycles. The van der Waals surface area contributed by atoms with Crippen molar-refractivity contribution in [3.05, 3.63) is 57.7 Å². The number of nitrogens with zero attached hydrogens (tertiary/aromatic N) is 3. The van der Waals surface area contributed by atoms with E-state index in [0.717, 1.165) is 49.9 Å². The third-order valence-electron chi connectivity index (χ3n) is 5.80. The number of fused-ring (bicyclic) bond motifs is 1. The van der Waals surface area contributed by atoms with E-state index < -0.39 is 0 Å². The number of amides is 1. The van der Waals surface area contributed by atoms with Crippen LogP contribution >= 0.6 is 11.3 Å². The maximum absolute atomic E-state index is 13.2. The number of rotatable bonds is 5. The molecule has 3 aromatic rings. The topological polar surface area (TPSA) is 67.2 Å². The van der Waals surface area contributed by atoms with Crippen molar-refractivity contribution in [2.45, 2.75) is 38.3 Å². The molecule has 6 nitrogen and oxygen atoms in total. The van der Waals surface area contributed by atoms with Gasteiger partial charge in [-0.15, -0.1) is 11.3 Å². The molecular formula is C22H24N4O2S. The minimum Gasteiger partial charge on any atom is -0.353 e. The van der Waals surface area contributed by atoms with Crippen LogP contribution in [-0.2, 0) is 11.3 Å². The SMILES string of the molecule is O=C(NC1CC1)C1CCN(c2nc3ccsc3c(=O)n2Cc2ccccc2)CC1. The lowest BCUT2D eigenvalue weighted by Crippen LogP contribution is -2.43. The number of nitrogens with one attached hydrogen (secondary N) is 1. The van der Waals surface area contributed by atoms with Crippen LogP contribution in [0.15, 0.2) is 46.6 Å². The molecule has 2 aliphatic rings. The average Bonchev–Trinajstić information content (AvgIpc) is 3.43. The molecule has 150 valence electrons. The zero-order chi connectivity index (χ0) is 19.8. The molecule has 1 N–H and O–H groups in total. The summed E-state index contributed by atoms with van der Waals surface area (Å²) >= 11 is 1.44. The highest BCUT2D eigenvalue weighted by Gasteiger charge is 2.31. The van der Waals surface area contributed by atoms with Crippen LogP contribution in [0.1, 0.15) is 31.2 Å². The van der Waals surface area contributed by atoms with E-state index >= 15 is 0 Å². The highest BCUT2D eigenvalue weighted by Crippen LogP contribution is 2.26. The molecule has 1 saturated heterocycles. The van der Waals surface area contributed by atoms with E-state index in [0.29, 0.717) is 23.2 Å². The fourth-order valence-electron chi connectivity index (χ4n) is 3.97. The van der Waals surface area contributed by atoms with E-state index in [2.05, 4.69) is 10.2 Å². The molecule has 1 aliphatic carbocycles. The van der Waals surface area contributed by atoms with Crippen molar-refractivity contribution in [2.75, 3.05) is 18.0 Å². The fourth-order valence-corrected chi connectivity index (χ4v) is 4.75. The lowest BCUT2D eigenvalue weighted by atomic mass is 9.96. The van der Waals surface area contributed by atoms with Gasteiger partial charge < -0.3 is 10.2 Å². The summed E-state index contributed by atoms with van der Waals surface area (Å²) in [7, 11) is 0. The molecule has 1 aromatic carbocycles. The molecule has 0 radical (unpaired) electrons. The Balaban J connectivity index is 1.42. The van der Waals surface area contributed by atoms with Crippen LogP contribution < -0.4 is 15.8 Å². The summed E-state index contributed by atoms with van der Waals surface area (Å²) in [6.45, 7) is 1.97. The van der Waals surface area contributed by atoms with Crippen LogP contribution in [-0.4, -0.2) is 34.6 Å². The highest BCUT2D eigenvalue weighted by atomic mass is 32.1. The average molecular weight is 409 g/mol. The number of hydrogen-bond donors (Lipinski definition) is 1. The van der Waals surface area contributed by atoms with Gasteiger partial charge in [0.2, 0.25) is 11.9 Å². The van der Waals surface area contributed by atoms with Gasteiger partial charge in [0.05, 0.1) is 12.1 Å². The number of benzene rings is 1. The lowest BCUT2D eigenvalue weighted by Gasteiger charge is -2.33. The van der Waals surface area contributed by atoms with Crippen LogP contribution in [0.4, 0.5) is 5.95 Å². The van der Waals surface area contributed by atoms with Crippen LogP contribution in [0.5, 0.6) is 0 Å². The first kappa shape index (κ1) is 18.4. The molecule has 2 fully saturated rings. The molecule has 7 heteroatoms. The van der Waals surface area contributed by atoms with E-state index in [4.69, 9.17) is 4.98 Å². The smallest absolute Gasteiger partial charge is 0.273 e. The highest BCUT2D eigenvalue weighted by molar-refractivity contribution is 7.17. The number of aromatic nitrogens is 2. The number of thiophene rings is 1. The normalized spacial score (nSPS) is 17.6. The zero-order valence-electron chi connectivity index (χ0n) is 16.2. The summed E-state index contributed by atoms with van der Waals surface area (Å²) < 4.78 is 2.49. The summed E-state index contributed by atoms with van der Waals surface area (Å²) in [5.41, 5.74) is 1.85. The molecule has 3 heterocycles. The van der Waals surface area contributed by atoms with Gasteiger partial charge in [0, 0.05) is 25.0 Å². The number of piperidine rings is 1. The van der Waals surface area contributed by atoms with Crippen molar-refractivity contribution in [1.82, 2.24) is 14.9 Å². The monoisotopic (exact) mass is 408 g/mol. The number of hydrogen-bond acceptors (Lipinski definition) is 5. The predicted octanol–water partition coefficient (Wildman–Crippen LogP) is 3.00. The molecule has 0 spiro atoms. The van der Waals surface area contributed by atoms with Crippen molar-refractivity contribution < 1.29 is 4.79 Å². The van der Waals surface area contributed by atoms with Crippen molar-refractivity contribution in [2.24, 2.45) is 5.92 Å². The largest absolute Gasteiger partial charge is 0.353 e. The van der Waals surface area contributed by atoms with Crippen molar-refractivity contribution in [3.8, 4) is 0 Å². The Labute approximate surface area is 173 Å². The molecule has 5 rings (SSSR count). The number of carbonyl (C=O) groups excluding carboxylic acids is 1. The van der Waals surface area contributed by atoms with Gasteiger partial charge in [0.25, 0.3) is 5.56 Å². The Morgan fingerprint density at radius 3 is 2.59 bits per heavy atom. The molecular weight excluding hydrogens is 384 g/mol. The summed E-state index contributed by atoms with van der Waals surface area (Å²) in [5, 5.41) is 5.05. The van der Waals surface area contributed by atoms with Gasteiger partial charge in [-0.2, -0.15) is 0 Å². The summed E-state index contributed by atoms with van der Waals surface area (Å²) in [5.74, 6) is 0.965. The van der Waals surface area contributed by atoms with E-state index in [1.807, 2.05) is 41.8 Å². The Morgan fingerprint density at radius 1 is 1.10 bits per heavy atom. The minimum atomic E-state index is 0.0115. The molecule has 0 bridgehead atoms. The maximum Gasteiger partial charge on any atom is 0.273 e. The number of carbonyl (C=O) groups is 1. The van der Waals surface area contributed by atoms with Crippen LogP contribution in [0, 0.1) is 5.92 Å². The predicted molar refractivity (Wildman–Crippen MR) is 116 cm³/mol. The van der Waals surface area contributed by atoms with Gasteiger partial charge in [-0.25, -0.2) is 4.98 Å². The number of anilines is 1. The third-order valence-corrected chi connectivity index (χ3v) is 6.69.